The van der Waals surface area contributed by atoms with Crippen molar-refractivity contribution in [1.82, 2.24) is 4.90 Å². The van der Waals surface area contributed by atoms with Gasteiger partial charge in [-0.3, -0.25) is 9.59 Å². The highest BCUT2D eigenvalue weighted by Crippen LogP contribution is 2.33. The fraction of sp³-hybridized carbons (Fsp3) is 0.467. The molecule has 1 aliphatic rings. The first-order chi connectivity index (χ1) is 10.5. The average molecular weight is 328 g/mol. The zero-order chi connectivity index (χ0) is 16.3. The minimum absolute atomic E-state index is 0.217. The molecule has 0 unspecified atom stereocenters. The Labute approximate surface area is 133 Å². The maximum absolute atomic E-state index is 12.6. The van der Waals surface area contributed by atoms with Crippen molar-refractivity contribution in [2.24, 2.45) is 5.92 Å². The number of amides is 1. The van der Waals surface area contributed by atoms with E-state index in [1.807, 2.05) is 0 Å². The van der Waals surface area contributed by atoms with Gasteiger partial charge >= 0.3 is 5.97 Å². The highest BCUT2D eigenvalue weighted by Gasteiger charge is 2.29. The lowest BCUT2D eigenvalue weighted by Crippen LogP contribution is -2.40. The zero-order valence-electron chi connectivity index (χ0n) is 12.5. The molecular weight excluding hydrogens is 310 g/mol. The number of piperidine rings is 1. The van der Waals surface area contributed by atoms with Gasteiger partial charge in [0, 0.05) is 19.2 Å². The van der Waals surface area contributed by atoms with Gasteiger partial charge in [0.25, 0.3) is 5.91 Å². The van der Waals surface area contributed by atoms with Gasteiger partial charge in [-0.2, -0.15) is 0 Å². The van der Waals surface area contributed by atoms with Gasteiger partial charge in [-0.1, -0.05) is 11.6 Å². The van der Waals surface area contributed by atoms with Crippen molar-refractivity contribution in [2.45, 2.75) is 12.8 Å². The monoisotopic (exact) mass is 327 g/mol. The van der Waals surface area contributed by atoms with E-state index in [0.717, 1.165) is 0 Å². The van der Waals surface area contributed by atoms with Crippen LogP contribution in [0.15, 0.2) is 12.1 Å². The molecule has 120 valence electrons. The molecule has 7 heteroatoms. The number of nitrogens with zero attached hydrogens (tertiary/aromatic N) is 1. The highest BCUT2D eigenvalue weighted by molar-refractivity contribution is 6.32. The minimum Gasteiger partial charge on any atom is -0.496 e. The van der Waals surface area contributed by atoms with Crippen LogP contribution in [0, 0.1) is 5.92 Å². The van der Waals surface area contributed by atoms with Gasteiger partial charge in [0.2, 0.25) is 0 Å². The highest BCUT2D eigenvalue weighted by atomic mass is 35.5. The summed E-state index contributed by atoms with van der Waals surface area (Å²) in [5.41, 5.74) is 0.349. The number of carbonyl (C=O) groups excluding carboxylic acids is 1. The molecule has 22 heavy (non-hydrogen) atoms. The molecule has 2 rings (SSSR count). The predicted octanol–water partition coefficient (Wildman–Crippen LogP) is 2.29. The summed E-state index contributed by atoms with van der Waals surface area (Å²) in [4.78, 5) is 25.2. The molecule has 1 aromatic carbocycles. The lowest BCUT2D eigenvalue weighted by atomic mass is 9.96. The first-order valence-corrected chi connectivity index (χ1v) is 7.29. The Bertz CT molecular complexity index is 582. The van der Waals surface area contributed by atoms with Crippen molar-refractivity contribution in [3.63, 3.8) is 0 Å². The quantitative estimate of drug-likeness (QED) is 0.918. The number of halogens is 1. The van der Waals surface area contributed by atoms with E-state index in [1.165, 1.54) is 20.3 Å². The topological polar surface area (TPSA) is 76.1 Å². The van der Waals surface area contributed by atoms with E-state index in [-0.39, 0.29) is 11.8 Å². The molecule has 0 spiro atoms. The number of likely N-dealkylation sites (tertiary alicyclic amines) is 1. The van der Waals surface area contributed by atoms with Crippen molar-refractivity contribution in [1.29, 1.82) is 0 Å². The average Bonchev–Trinajstić information content (AvgIpc) is 2.54. The Morgan fingerprint density at radius 1 is 1.18 bits per heavy atom. The molecule has 0 aromatic heterocycles. The van der Waals surface area contributed by atoms with Gasteiger partial charge in [-0.05, 0) is 18.9 Å². The normalized spacial score (nSPS) is 15.5. The summed E-state index contributed by atoms with van der Waals surface area (Å²) in [6.07, 6.45) is 0.903. The largest absolute Gasteiger partial charge is 0.496 e. The number of hydrogen-bond donors (Lipinski definition) is 1. The lowest BCUT2D eigenvalue weighted by molar-refractivity contribution is -0.143. The van der Waals surface area contributed by atoms with Gasteiger partial charge < -0.3 is 19.5 Å². The van der Waals surface area contributed by atoms with Crippen LogP contribution < -0.4 is 9.47 Å². The molecule has 1 saturated heterocycles. The van der Waals surface area contributed by atoms with Crippen LogP contribution in [0.1, 0.15) is 23.2 Å². The second-order valence-electron chi connectivity index (χ2n) is 5.09. The van der Waals surface area contributed by atoms with E-state index in [0.29, 0.717) is 48.0 Å². The summed E-state index contributed by atoms with van der Waals surface area (Å²) < 4.78 is 10.3. The third kappa shape index (κ3) is 3.27. The number of carbonyl (C=O) groups is 2. The van der Waals surface area contributed by atoms with Crippen LogP contribution in [-0.4, -0.2) is 49.2 Å². The number of methoxy groups -OCH3 is 2. The Balaban J connectivity index is 2.19. The molecule has 1 aromatic rings. The Morgan fingerprint density at radius 2 is 1.77 bits per heavy atom. The molecule has 6 nitrogen and oxygen atoms in total. The Hall–Kier alpha value is -1.95. The molecule has 1 N–H and O–H groups in total. The van der Waals surface area contributed by atoms with E-state index in [2.05, 4.69) is 0 Å². The van der Waals surface area contributed by atoms with Crippen molar-refractivity contribution < 1.29 is 24.2 Å². The number of hydrogen-bond acceptors (Lipinski definition) is 4. The summed E-state index contributed by atoms with van der Waals surface area (Å²) in [7, 11) is 2.95. The first kappa shape index (κ1) is 16.4. The van der Waals surface area contributed by atoms with Gasteiger partial charge in [0.15, 0.2) is 0 Å². The standard InChI is InChI=1S/C15H18ClNO5/c1-21-12-8-13(22-2)11(16)7-10(12)14(18)17-5-3-9(4-6-17)15(19)20/h7-9H,3-6H2,1-2H3,(H,19,20). The molecule has 1 aliphatic heterocycles. The number of aliphatic carboxylic acids is 1. The van der Waals surface area contributed by atoms with Crippen molar-refractivity contribution in [3.8, 4) is 11.5 Å². The van der Waals surface area contributed by atoms with E-state index in [9.17, 15) is 9.59 Å². The van der Waals surface area contributed by atoms with Crippen molar-refractivity contribution >= 4 is 23.5 Å². The molecule has 0 radical (unpaired) electrons. The first-order valence-electron chi connectivity index (χ1n) is 6.91. The number of carboxylic acids is 1. The van der Waals surface area contributed by atoms with E-state index in [1.54, 1.807) is 11.0 Å². The molecule has 1 fully saturated rings. The Kier molecular flexibility index (Phi) is 5.13. The van der Waals surface area contributed by atoms with Crippen LogP contribution in [-0.2, 0) is 4.79 Å². The maximum Gasteiger partial charge on any atom is 0.306 e. The van der Waals surface area contributed by atoms with Gasteiger partial charge in [-0.15, -0.1) is 0 Å². The minimum atomic E-state index is -0.808. The summed E-state index contributed by atoms with van der Waals surface area (Å²) >= 11 is 6.08. The van der Waals surface area contributed by atoms with Crippen molar-refractivity contribution in [2.75, 3.05) is 27.3 Å². The van der Waals surface area contributed by atoms with Crippen LogP contribution in [0.25, 0.3) is 0 Å². The van der Waals surface area contributed by atoms with Crippen LogP contribution in [0.3, 0.4) is 0 Å². The van der Waals surface area contributed by atoms with E-state index < -0.39 is 5.97 Å². The van der Waals surface area contributed by atoms with Crippen molar-refractivity contribution in [3.05, 3.63) is 22.7 Å². The summed E-state index contributed by atoms with van der Waals surface area (Å²) in [6, 6.07) is 3.09. The number of carboxylic acid groups (broad SMARTS) is 1. The van der Waals surface area contributed by atoms with Crippen LogP contribution in [0.4, 0.5) is 0 Å². The van der Waals surface area contributed by atoms with Crippen LogP contribution in [0.5, 0.6) is 11.5 Å². The number of benzene rings is 1. The molecule has 0 atom stereocenters. The summed E-state index contributed by atoms with van der Waals surface area (Å²) in [5, 5.41) is 9.33. The molecule has 0 aliphatic carbocycles. The third-order valence-corrected chi connectivity index (χ3v) is 4.13. The van der Waals surface area contributed by atoms with Crippen LogP contribution >= 0.6 is 11.6 Å². The molecule has 0 bridgehead atoms. The van der Waals surface area contributed by atoms with Gasteiger partial charge in [0.05, 0.1) is 30.7 Å². The Morgan fingerprint density at radius 3 is 2.27 bits per heavy atom. The SMILES string of the molecule is COc1cc(OC)c(C(=O)N2CCC(C(=O)O)CC2)cc1Cl. The molecular formula is C15H18ClNO5. The zero-order valence-corrected chi connectivity index (χ0v) is 13.2. The van der Waals surface area contributed by atoms with Crippen LogP contribution in [0.2, 0.25) is 5.02 Å². The second-order valence-corrected chi connectivity index (χ2v) is 5.50. The summed E-state index contributed by atoms with van der Waals surface area (Å²) in [5.74, 6) is -0.598. The smallest absolute Gasteiger partial charge is 0.306 e. The fourth-order valence-corrected chi connectivity index (χ4v) is 2.77. The number of ether oxygens (including phenoxy) is 2. The molecule has 1 heterocycles. The summed E-state index contributed by atoms with van der Waals surface area (Å²) in [6.45, 7) is 0.811. The van der Waals surface area contributed by atoms with E-state index in [4.69, 9.17) is 26.2 Å². The molecule has 0 saturated carbocycles. The van der Waals surface area contributed by atoms with E-state index >= 15 is 0 Å². The number of rotatable bonds is 4. The lowest BCUT2D eigenvalue weighted by Gasteiger charge is -2.30. The van der Waals surface area contributed by atoms with Gasteiger partial charge in [-0.25, -0.2) is 0 Å². The molecule has 1 amide bonds. The predicted molar refractivity (Wildman–Crippen MR) is 80.8 cm³/mol. The van der Waals surface area contributed by atoms with Gasteiger partial charge in [0.1, 0.15) is 11.5 Å². The second kappa shape index (κ2) is 6.87. The maximum atomic E-state index is 12.6. The third-order valence-electron chi connectivity index (χ3n) is 3.84. The fourth-order valence-electron chi connectivity index (χ4n) is 2.53.